The van der Waals surface area contributed by atoms with Gasteiger partial charge in [0.2, 0.25) is 0 Å². The third-order valence-corrected chi connectivity index (χ3v) is 5.64. The zero-order valence-electron chi connectivity index (χ0n) is 14.1. The Hall–Kier alpha value is -2.64. The van der Waals surface area contributed by atoms with Gasteiger partial charge in [-0.2, -0.15) is 5.10 Å². The number of benzene rings is 2. The Morgan fingerprint density at radius 2 is 1.73 bits per heavy atom. The van der Waals surface area contributed by atoms with Crippen LogP contribution in [0.15, 0.2) is 58.2 Å². The van der Waals surface area contributed by atoms with Gasteiger partial charge in [0.1, 0.15) is 0 Å². The van der Waals surface area contributed by atoms with E-state index in [0.29, 0.717) is 27.5 Å². The van der Waals surface area contributed by atoms with E-state index in [9.17, 15) is 13.2 Å². The van der Waals surface area contributed by atoms with Gasteiger partial charge in [0.05, 0.1) is 16.3 Å². The number of aryl methyl sites for hydroxylation is 2. The minimum Gasteiger partial charge on any atom is -0.279 e. The zero-order valence-corrected chi connectivity index (χ0v) is 15.6. The van der Waals surface area contributed by atoms with Gasteiger partial charge in [-0.25, -0.2) is 13.5 Å². The van der Waals surface area contributed by atoms with Crippen LogP contribution in [-0.4, -0.2) is 18.6 Å². The number of nitrogens with one attached hydrogen (secondary N) is 2. The van der Waals surface area contributed by atoms with Crippen molar-refractivity contribution in [2.45, 2.75) is 18.7 Å². The summed E-state index contributed by atoms with van der Waals surface area (Å²) < 4.78 is 28.4. The van der Waals surface area contributed by atoms with Crippen molar-refractivity contribution in [1.29, 1.82) is 0 Å². The molecule has 26 heavy (non-hydrogen) atoms. The highest BCUT2D eigenvalue weighted by atomic mass is 35.5. The average Bonchev–Trinajstić information content (AvgIpc) is 2.59. The summed E-state index contributed by atoms with van der Waals surface area (Å²) in [7, 11) is -3.83. The molecule has 0 unspecified atom stereocenters. The van der Waals surface area contributed by atoms with E-state index in [2.05, 4.69) is 14.9 Å². The van der Waals surface area contributed by atoms with Gasteiger partial charge < -0.3 is 0 Å². The maximum atomic E-state index is 12.9. The van der Waals surface area contributed by atoms with Crippen molar-refractivity contribution >= 4 is 27.3 Å². The Morgan fingerprint density at radius 3 is 2.42 bits per heavy atom. The molecule has 0 amide bonds. The number of nitrogens with zero attached hydrogens (tertiary/aromatic N) is 1. The molecule has 1 aromatic heterocycles. The van der Waals surface area contributed by atoms with Crippen LogP contribution in [0.3, 0.4) is 0 Å². The summed E-state index contributed by atoms with van der Waals surface area (Å²) in [6.07, 6.45) is 0. The quantitative estimate of drug-likeness (QED) is 0.714. The second-order valence-electron chi connectivity index (χ2n) is 5.85. The van der Waals surface area contributed by atoms with Crippen LogP contribution in [0, 0.1) is 13.8 Å². The summed E-state index contributed by atoms with van der Waals surface area (Å²) in [5, 5.41) is 6.72. The number of aromatic amines is 1. The number of H-pyrrole nitrogens is 1. The monoisotopic (exact) mass is 389 g/mol. The molecule has 0 aliphatic rings. The van der Waals surface area contributed by atoms with Gasteiger partial charge in [-0.15, -0.1) is 0 Å². The van der Waals surface area contributed by atoms with Gasteiger partial charge >= 0.3 is 0 Å². The van der Waals surface area contributed by atoms with E-state index in [-0.39, 0.29) is 10.5 Å². The third kappa shape index (κ3) is 3.79. The van der Waals surface area contributed by atoms with Crippen LogP contribution in [0.25, 0.3) is 11.3 Å². The molecule has 3 rings (SSSR count). The normalized spacial score (nSPS) is 11.3. The molecule has 6 nitrogen and oxygen atoms in total. The number of sulfonamides is 1. The second-order valence-corrected chi connectivity index (χ2v) is 7.94. The van der Waals surface area contributed by atoms with E-state index in [1.165, 1.54) is 18.2 Å². The lowest BCUT2D eigenvalue weighted by Gasteiger charge is -2.13. The lowest BCUT2D eigenvalue weighted by Crippen LogP contribution is -2.15. The van der Waals surface area contributed by atoms with E-state index in [1.807, 2.05) is 0 Å². The number of hydrogen-bond acceptors (Lipinski definition) is 4. The topological polar surface area (TPSA) is 91.9 Å². The Morgan fingerprint density at radius 1 is 1.00 bits per heavy atom. The SMILES string of the molecule is Cc1ccc(Cl)cc1NS(=O)(=O)c1cc(-c2ccc(=O)[nH]n2)ccc1C. The highest BCUT2D eigenvalue weighted by Gasteiger charge is 2.19. The van der Waals surface area contributed by atoms with Crippen LogP contribution < -0.4 is 10.3 Å². The van der Waals surface area contributed by atoms with Gasteiger partial charge in [-0.3, -0.25) is 9.52 Å². The number of anilines is 1. The van der Waals surface area contributed by atoms with Crippen LogP contribution in [0.2, 0.25) is 5.02 Å². The fraction of sp³-hybridized carbons (Fsp3) is 0.111. The average molecular weight is 390 g/mol. The van der Waals surface area contributed by atoms with E-state index >= 15 is 0 Å². The van der Waals surface area contributed by atoms with Gasteiger partial charge in [0.25, 0.3) is 15.6 Å². The molecule has 0 aliphatic carbocycles. The maximum absolute atomic E-state index is 12.9. The molecule has 1 heterocycles. The first kappa shape index (κ1) is 18.2. The fourth-order valence-corrected chi connectivity index (χ4v) is 4.02. The molecular formula is C18H16ClN3O3S. The predicted octanol–water partition coefficient (Wildman–Crippen LogP) is 3.51. The molecular weight excluding hydrogens is 374 g/mol. The molecule has 3 aromatic rings. The summed E-state index contributed by atoms with van der Waals surface area (Å²) in [6.45, 7) is 3.51. The molecule has 0 fully saturated rings. The lowest BCUT2D eigenvalue weighted by atomic mass is 10.1. The van der Waals surface area contributed by atoms with E-state index in [1.54, 1.807) is 44.2 Å². The Kier molecular flexibility index (Phi) is 4.84. The van der Waals surface area contributed by atoms with Crippen molar-refractivity contribution in [3.63, 3.8) is 0 Å². The van der Waals surface area contributed by atoms with Crippen LogP contribution in [0.4, 0.5) is 5.69 Å². The zero-order chi connectivity index (χ0) is 18.9. The summed E-state index contributed by atoms with van der Waals surface area (Å²) in [6, 6.07) is 12.9. The first-order chi connectivity index (χ1) is 12.3. The largest absolute Gasteiger partial charge is 0.279 e. The minimum atomic E-state index is -3.83. The standard InChI is InChI=1S/C18H16ClN3O3S/c1-11-4-6-14(19)10-16(11)22-26(24,25)17-9-13(5-3-12(17)2)15-7-8-18(23)21-20-15/h3-10,22H,1-2H3,(H,21,23). The van der Waals surface area contributed by atoms with Gasteiger partial charge in [0.15, 0.2) is 0 Å². The second kappa shape index (κ2) is 6.93. The fourth-order valence-electron chi connectivity index (χ4n) is 2.46. The summed E-state index contributed by atoms with van der Waals surface area (Å²) in [5.74, 6) is 0. The Bertz CT molecular complexity index is 1120. The van der Waals surface area contributed by atoms with E-state index < -0.39 is 10.0 Å². The number of hydrogen-bond donors (Lipinski definition) is 2. The summed E-state index contributed by atoms with van der Waals surface area (Å²) in [4.78, 5) is 11.3. The van der Waals surface area contributed by atoms with Crippen molar-refractivity contribution in [1.82, 2.24) is 10.2 Å². The van der Waals surface area contributed by atoms with E-state index in [4.69, 9.17) is 11.6 Å². The molecule has 0 atom stereocenters. The molecule has 0 spiro atoms. The van der Waals surface area contributed by atoms with Gasteiger partial charge in [-0.1, -0.05) is 29.8 Å². The van der Waals surface area contributed by atoms with Crippen molar-refractivity contribution in [2.75, 3.05) is 4.72 Å². The number of aromatic nitrogens is 2. The summed E-state index contributed by atoms with van der Waals surface area (Å²) in [5.41, 5.74) is 2.49. The van der Waals surface area contributed by atoms with Crippen molar-refractivity contribution in [2.24, 2.45) is 0 Å². The molecule has 0 radical (unpaired) electrons. The molecule has 2 N–H and O–H groups in total. The molecule has 0 bridgehead atoms. The molecule has 0 saturated carbocycles. The molecule has 134 valence electrons. The van der Waals surface area contributed by atoms with Gasteiger partial charge in [0, 0.05) is 16.7 Å². The predicted molar refractivity (Wildman–Crippen MR) is 102 cm³/mol. The molecule has 2 aromatic carbocycles. The van der Waals surface area contributed by atoms with Crippen molar-refractivity contribution < 1.29 is 8.42 Å². The van der Waals surface area contributed by atoms with Crippen LogP contribution in [0.1, 0.15) is 11.1 Å². The number of halogens is 1. The van der Waals surface area contributed by atoms with Crippen molar-refractivity contribution in [3.05, 3.63) is 75.0 Å². The smallest absolute Gasteiger partial charge is 0.264 e. The van der Waals surface area contributed by atoms with Crippen LogP contribution in [-0.2, 0) is 10.0 Å². The number of rotatable bonds is 4. The molecule has 0 aliphatic heterocycles. The Labute approximate surface area is 155 Å². The Balaban J connectivity index is 2.04. The maximum Gasteiger partial charge on any atom is 0.264 e. The first-order valence-electron chi connectivity index (χ1n) is 7.72. The van der Waals surface area contributed by atoms with Crippen LogP contribution in [0.5, 0.6) is 0 Å². The van der Waals surface area contributed by atoms with Crippen molar-refractivity contribution in [3.8, 4) is 11.3 Å². The highest BCUT2D eigenvalue weighted by molar-refractivity contribution is 7.92. The molecule has 0 saturated heterocycles. The van der Waals surface area contributed by atoms with Gasteiger partial charge in [-0.05, 0) is 49.2 Å². The first-order valence-corrected chi connectivity index (χ1v) is 9.58. The van der Waals surface area contributed by atoms with E-state index in [0.717, 1.165) is 5.56 Å². The third-order valence-electron chi connectivity index (χ3n) is 3.90. The highest BCUT2D eigenvalue weighted by Crippen LogP contribution is 2.27. The molecule has 8 heteroatoms. The lowest BCUT2D eigenvalue weighted by molar-refractivity contribution is 0.600. The minimum absolute atomic E-state index is 0.127. The summed E-state index contributed by atoms with van der Waals surface area (Å²) >= 11 is 5.97. The van der Waals surface area contributed by atoms with Crippen LogP contribution >= 0.6 is 11.6 Å².